The van der Waals surface area contributed by atoms with E-state index in [1.165, 1.54) is 11.3 Å². The van der Waals surface area contributed by atoms with E-state index in [4.69, 9.17) is 0 Å². The summed E-state index contributed by atoms with van der Waals surface area (Å²) in [6.45, 7) is 2.05. The highest BCUT2D eigenvalue weighted by molar-refractivity contribution is 7.20. The number of aromatic amines is 1. The number of H-pyrrole nitrogens is 1. The second-order valence-electron chi connectivity index (χ2n) is 2.53. The molecule has 0 aromatic carbocycles. The lowest BCUT2D eigenvalue weighted by Crippen LogP contribution is -1.78. The van der Waals surface area contributed by atoms with Crippen LogP contribution in [-0.4, -0.2) is 16.5 Å². The van der Waals surface area contributed by atoms with E-state index in [0.717, 1.165) is 33.5 Å². The molecule has 0 radical (unpaired) electrons. The van der Waals surface area contributed by atoms with Gasteiger partial charge in [-0.3, -0.25) is 9.89 Å². The predicted molar refractivity (Wildman–Crippen MR) is 48.7 cm³/mol. The lowest BCUT2D eigenvalue weighted by molar-refractivity contribution is 0.112. The van der Waals surface area contributed by atoms with E-state index < -0.39 is 0 Å². The van der Waals surface area contributed by atoms with Crippen LogP contribution in [0.25, 0.3) is 10.2 Å². The molecule has 0 amide bonds. The molecule has 1 N–H and O–H groups in total. The molecular weight excluding hydrogens is 172 g/mol. The van der Waals surface area contributed by atoms with Crippen molar-refractivity contribution in [2.45, 2.75) is 13.3 Å². The Balaban J connectivity index is 2.68. The third kappa shape index (κ3) is 0.956. The molecule has 0 fully saturated rings. The van der Waals surface area contributed by atoms with Gasteiger partial charge in [0.15, 0.2) is 6.29 Å². The molecule has 2 aromatic heterocycles. The molecule has 0 aliphatic rings. The van der Waals surface area contributed by atoms with Crippen LogP contribution in [-0.2, 0) is 6.42 Å². The average Bonchev–Trinajstić information content (AvgIpc) is 2.61. The highest BCUT2D eigenvalue weighted by atomic mass is 32.1. The Morgan fingerprint density at radius 3 is 3.25 bits per heavy atom. The summed E-state index contributed by atoms with van der Waals surface area (Å²) in [5, 5.41) is 7.01. The van der Waals surface area contributed by atoms with Gasteiger partial charge in [0.05, 0.1) is 20.8 Å². The number of fused-ring (bicyclic) bond motifs is 1. The molecule has 2 rings (SSSR count). The largest absolute Gasteiger partial charge is 0.297 e. The van der Waals surface area contributed by atoms with Crippen molar-refractivity contribution in [3.8, 4) is 0 Å². The monoisotopic (exact) mass is 180 g/mol. The number of carbonyl (C=O) groups is 1. The summed E-state index contributed by atoms with van der Waals surface area (Å²) >= 11 is 1.49. The zero-order valence-corrected chi connectivity index (χ0v) is 7.44. The van der Waals surface area contributed by atoms with Gasteiger partial charge in [0.25, 0.3) is 0 Å². The minimum atomic E-state index is 0.758. The Morgan fingerprint density at radius 1 is 1.75 bits per heavy atom. The van der Waals surface area contributed by atoms with Crippen molar-refractivity contribution in [1.82, 2.24) is 10.2 Å². The number of aryl methyl sites for hydroxylation is 1. The Bertz CT molecular complexity index is 416. The number of aldehydes is 1. The summed E-state index contributed by atoms with van der Waals surface area (Å²) < 4.78 is 1.11. The fraction of sp³-hybridized carbons (Fsp3) is 0.250. The Labute approximate surface area is 73.4 Å². The lowest BCUT2D eigenvalue weighted by atomic mass is 10.3. The first-order valence-electron chi connectivity index (χ1n) is 3.77. The van der Waals surface area contributed by atoms with E-state index in [9.17, 15) is 4.79 Å². The number of nitrogens with one attached hydrogen (secondary N) is 1. The van der Waals surface area contributed by atoms with Crippen molar-refractivity contribution >= 4 is 27.8 Å². The van der Waals surface area contributed by atoms with E-state index in [1.54, 1.807) is 0 Å². The number of thiophene rings is 1. The maximum atomic E-state index is 10.4. The van der Waals surface area contributed by atoms with Gasteiger partial charge in [0.1, 0.15) is 0 Å². The predicted octanol–water partition coefficient (Wildman–Crippen LogP) is 2.00. The second-order valence-corrected chi connectivity index (χ2v) is 3.62. The van der Waals surface area contributed by atoms with Crippen molar-refractivity contribution in [2.75, 3.05) is 0 Å². The Morgan fingerprint density at radius 2 is 2.58 bits per heavy atom. The van der Waals surface area contributed by atoms with Crippen molar-refractivity contribution in [2.24, 2.45) is 0 Å². The highest BCUT2D eigenvalue weighted by Crippen LogP contribution is 2.25. The molecule has 62 valence electrons. The third-order valence-electron chi connectivity index (χ3n) is 1.78. The van der Waals surface area contributed by atoms with Crippen LogP contribution in [0.15, 0.2) is 6.07 Å². The van der Waals surface area contributed by atoms with Crippen LogP contribution in [0.1, 0.15) is 22.3 Å². The molecule has 0 atom stereocenters. The summed E-state index contributed by atoms with van der Waals surface area (Å²) in [6, 6.07) is 1.83. The van der Waals surface area contributed by atoms with Gasteiger partial charge in [0.2, 0.25) is 0 Å². The molecule has 4 heteroatoms. The van der Waals surface area contributed by atoms with Crippen LogP contribution in [0.4, 0.5) is 0 Å². The van der Waals surface area contributed by atoms with Crippen molar-refractivity contribution in [1.29, 1.82) is 0 Å². The molecule has 0 saturated carbocycles. The molecule has 0 unspecified atom stereocenters. The SMILES string of the molecule is CCc1n[nH]c2cc(C=O)sc12. The number of hydrogen-bond donors (Lipinski definition) is 1. The minimum absolute atomic E-state index is 0.758. The van der Waals surface area contributed by atoms with Gasteiger partial charge in [-0.25, -0.2) is 0 Å². The molecule has 2 heterocycles. The number of hydrogen-bond acceptors (Lipinski definition) is 3. The van der Waals surface area contributed by atoms with E-state index >= 15 is 0 Å². The topological polar surface area (TPSA) is 45.8 Å². The van der Waals surface area contributed by atoms with E-state index in [2.05, 4.69) is 17.1 Å². The van der Waals surface area contributed by atoms with Crippen LogP contribution in [0.2, 0.25) is 0 Å². The van der Waals surface area contributed by atoms with Crippen LogP contribution in [0, 0.1) is 0 Å². The van der Waals surface area contributed by atoms with E-state index in [0.29, 0.717) is 0 Å². The zero-order valence-electron chi connectivity index (χ0n) is 6.63. The normalized spacial score (nSPS) is 10.8. The number of nitrogens with zero attached hydrogens (tertiary/aromatic N) is 1. The quantitative estimate of drug-likeness (QED) is 0.718. The first kappa shape index (κ1) is 7.49. The molecule has 0 aliphatic carbocycles. The maximum Gasteiger partial charge on any atom is 0.160 e. The van der Waals surface area contributed by atoms with E-state index in [1.807, 2.05) is 6.07 Å². The van der Waals surface area contributed by atoms with Crippen LogP contribution in [0.3, 0.4) is 0 Å². The summed E-state index contributed by atoms with van der Waals surface area (Å²) in [5.41, 5.74) is 2.02. The van der Waals surface area contributed by atoms with Crippen LogP contribution >= 0.6 is 11.3 Å². The van der Waals surface area contributed by atoms with Crippen molar-refractivity contribution < 1.29 is 4.79 Å². The molecule has 12 heavy (non-hydrogen) atoms. The summed E-state index contributed by atoms with van der Waals surface area (Å²) in [6.07, 6.45) is 1.77. The number of aromatic nitrogens is 2. The van der Waals surface area contributed by atoms with Crippen LogP contribution < -0.4 is 0 Å². The Hall–Kier alpha value is -1.16. The number of rotatable bonds is 2. The zero-order chi connectivity index (χ0) is 8.55. The molecule has 0 aliphatic heterocycles. The Kier molecular flexibility index (Phi) is 1.69. The molecule has 0 spiro atoms. The molecule has 0 bridgehead atoms. The maximum absolute atomic E-state index is 10.4. The third-order valence-corrected chi connectivity index (χ3v) is 2.89. The average molecular weight is 180 g/mol. The summed E-state index contributed by atoms with van der Waals surface area (Å²) in [7, 11) is 0. The minimum Gasteiger partial charge on any atom is -0.297 e. The van der Waals surface area contributed by atoms with Gasteiger partial charge in [-0.2, -0.15) is 5.10 Å². The van der Waals surface area contributed by atoms with Gasteiger partial charge in [-0.1, -0.05) is 6.92 Å². The number of carbonyl (C=O) groups excluding carboxylic acids is 1. The molecular formula is C8H8N2OS. The van der Waals surface area contributed by atoms with Gasteiger partial charge in [-0.05, 0) is 12.5 Å². The lowest BCUT2D eigenvalue weighted by Gasteiger charge is -1.83. The molecule has 0 saturated heterocycles. The highest BCUT2D eigenvalue weighted by Gasteiger charge is 2.07. The standard InChI is InChI=1S/C8H8N2OS/c1-2-6-8-7(10-9-6)3-5(4-11)12-8/h3-4H,2H2,1H3,(H,9,10). The van der Waals surface area contributed by atoms with Crippen LogP contribution in [0.5, 0.6) is 0 Å². The second kappa shape index (κ2) is 2.71. The first-order chi connectivity index (χ1) is 5.85. The summed E-state index contributed by atoms with van der Waals surface area (Å²) in [5.74, 6) is 0. The molecule has 3 nitrogen and oxygen atoms in total. The van der Waals surface area contributed by atoms with Gasteiger partial charge < -0.3 is 0 Å². The fourth-order valence-corrected chi connectivity index (χ4v) is 2.17. The van der Waals surface area contributed by atoms with Crippen molar-refractivity contribution in [3.63, 3.8) is 0 Å². The fourth-order valence-electron chi connectivity index (χ4n) is 1.18. The molecule has 2 aromatic rings. The van der Waals surface area contributed by atoms with Crippen molar-refractivity contribution in [3.05, 3.63) is 16.6 Å². The van der Waals surface area contributed by atoms with Gasteiger partial charge in [-0.15, -0.1) is 11.3 Å². The first-order valence-corrected chi connectivity index (χ1v) is 4.58. The van der Waals surface area contributed by atoms with E-state index in [-0.39, 0.29) is 0 Å². The van der Waals surface area contributed by atoms with Gasteiger partial charge in [0, 0.05) is 0 Å². The summed E-state index contributed by atoms with van der Waals surface area (Å²) in [4.78, 5) is 11.2. The smallest absolute Gasteiger partial charge is 0.160 e. The van der Waals surface area contributed by atoms with Gasteiger partial charge >= 0.3 is 0 Å².